The second-order valence-corrected chi connectivity index (χ2v) is 10.7. The fourth-order valence-electron chi connectivity index (χ4n) is 1.61. The summed E-state index contributed by atoms with van der Waals surface area (Å²) >= 11 is 0. The van der Waals surface area contributed by atoms with Crippen molar-refractivity contribution in [3.05, 3.63) is 6.42 Å². The maximum absolute atomic E-state index is 6.35. The van der Waals surface area contributed by atoms with Crippen molar-refractivity contribution in [1.29, 1.82) is 0 Å². The minimum Gasteiger partial charge on any atom is -0.414 e. The summed E-state index contributed by atoms with van der Waals surface area (Å²) in [6, 6.07) is 0. The quantitative estimate of drug-likeness (QED) is 0.626. The average Bonchev–Trinajstić information content (AvgIpc) is 2.03. The summed E-state index contributed by atoms with van der Waals surface area (Å²) in [5.41, 5.74) is 0. The van der Waals surface area contributed by atoms with Gasteiger partial charge >= 0.3 is 0 Å². The monoisotopic (exact) mass is 213 g/mol. The second-order valence-electron chi connectivity index (χ2n) is 5.96. The molecule has 1 fully saturated rings. The van der Waals surface area contributed by atoms with Crippen LogP contribution in [0.1, 0.15) is 46.5 Å². The van der Waals surface area contributed by atoms with Gasteiger partial charge in [-0.1, -0.05) is 27.2 Å². The normalized spacial score (nSPS) is 21.2. The SMILES string of the molecule is CC(C)(C)[Si](C)(C)OC1C[CH]CCC1. The van der Waals surface area contributed by atoms with Crippen LogP contribution < -0.4 is 0 Å². The molecule has 14 heavy (non-hydrogen) atoms. The highest BCUT2D eigenvalue weighted by atomic mass is 28.4. The van der Waals surface area contributed by atoms with Crippen LogP contribution in [0.25, 0.3) is 0 Å². The van der Waals surface area contributed by atoms with Crippen LogP contribution in [0.5, 0.6) is 0 Å². The van der Waals surface area contributed by atoms with E-state index in [0.717, 1.165) is 0 Å². The summed E-state index contributed by atoms with van der Waals surface area (Å²) in [5.74, 6) is 0. The molecular weight excluding hydrogens is 188 g/mol. The predicted octanol–water partition coefficient (Wildman–Crippen LogP) is 4.16. The summed E-state index contributed by atoms with van der Waals surface area (Å²) in [4.78, 5) is 0. The Hall–Kier alpha value is 0.177. The molecule has 0 bridgehead atoms. The Labute approximate surface area is 90.4 Å². The lowest BCUT2D eigenvalue weighted by Gasteiger charge is -2.40. The Kier molecular flexibility index (Phi) is 3.81. The van der Waals surface area contributed by atoms with E-state index in [2.05, 4.69) is 40.3 Å². The van der Waals surface area contributed by atoms with Gasteiger partial charge in [-0.25, -0.2) is 0 Å². The largest absolute Gasteiger partial charge is 0.414 e. The van der Waals surface area contributed by atoms with Gasteiger partial charge in [0.2, 0.25) is 0 Å². The molecule has 2 heteroatoms. The fraction of sp³-hybridized carbons (Fsp3) is 0.917. The Balaban J connectivity index is 2.49. The first kappa shape index (κ1) is 12.2. The Bertz CT molecular complexity index is 175. The molecule has 0 amide bonds. The minimum atomic E-state index is -1.51. The zero-order valence-electron chi connectivity index (χ0n) is 10.4. The van der Waals surface area contributed by atoms with E-state index >= 15 is 0 Å². The molecule has 1 aliphatic rings. The van der Waals surface area contributed by atoms with E-state index in [1.807, 2.05) is 0 Å². The molecule has 0 N–H and O–H groups in total. The molecule has 1 atom stereocenters. The van der Waals surface area contributed by atoms with Crippen LogP contribution >= 0.6 is 0 Å². The fourth-order valence-corrected chi connectivity index (χ4v) is 3.01. The van der Waals surface area contributed by atoms with Crippen LogP contribution in [-0.4, -0.2) is 14.4 Å². The molecule has 0 spiro atoms. The molecule has 0 aromatic rings. The topological polar surface area (TPSA) is 9.23 Å². The van der Waals surface area contributed by atoms with E-state index in [1.165, 1.54) is 25.7 Å². The molecular formula is C12H25OSi. The highest BCUT2D eigenvalue weighted by molar-refractivity contribution is 6.74. The van der Waals surface area contributed by atoms with E-state index in [9.17, 15) is 0 Å². The minimum absolute atomic E-state index is 0.352. The van der Waals surface area contributed by atoms with Crippen molar-refractivity contribution in [2.24, 2.45) is 0 Å². The van der Waals surface area contributed by atoms with Crippen LogP contribution in [0.4, 0.5) is 0 Å². The van der Waals surface area contributed by atoms with Gasteiger partial charge in [0, 0.05) is 6.10 Å². The number of hydrogen-bond acceptors (Lipinski definition) is 1. The third kappa shape index (κ3) is 3.09. The van der Waals surface area contributed by atoms with Crippen LogP contribution in [0.15, 0.2) is 0 Å². The molecule has 1 radical (unpaired) electrons. The lowest BCUT2D eigenvalue weighted by Crippen LogP contribution is -2.44. The van der Waals surface area contributed by atoms with Crippen molar-refractivity contribution in [2.45, 2.75) is 70.7 Å². The molecule has 0 saturated heterocycles. The first-order valence-electron chi connectivity index (χ1n) is 5.82. The number of rotatable bonds is 2. The van der Waals surface area contributed by atoms with Gasteiger partial charge in [0.1, 0.15) is 0 Å². The van der Waals surface area contributed by atoms with Gasteiger partial charge in [0.15, 0.2) is 8.32 Å². The molecule has 1 rings (SSSR count). The average molecular weight is 213 g/mol. The van der Waals surface area contributed by atoms with E-state index in [-0.39, 0.29) is 0 Å². The van der Waals surface area contributed by atoms with Crippen molar-refractivity contribution in [3.63, 3.8) is 0 Å². The zero-order valence-corrected chi connectivity index (χ0v) is 11.4. The van der Waals surface area contributed by atoms with Gasteiger partial charge < -0.3 is 4.43 Å². The summed E-state index contributed by atoms with van der Waals surface area (Å²) in [5, 5.41) is 0.352. The summed E-state index contributed by atoms with van der Waals surface area (Å²) < 4.78 is 6.35. The third-order valence-corrected chi connectivity index (χ3v) is 8.17. The summed E-state index contributed by atoms with van der Waals surface area (Å²) in [6.45, 7) is 11.6. The number of hydrogen-bond donors (Lipinski definition) is 0. The maximum atomic E-state index is 6.35. The van der Waals surface area contributed by atoms with Crippen LogP contribution in [0.2, 0.25) is 18.1 Å². The summed E-state index contributed by atoms with van der Waals surface area (Å²) in [7, 11) is -1.51. The Morgan fingerprint density at radius 2 is 1.93 bits per heavy atom. The van der Waals surface area contributed by atoms with Crippen molar-refractivity contribution in [3.8, 4) is 0 Å². The van der Waals surface area contributed by atoms with E-state index < -0.39 is 8.32 Å². The van der Waals surface area contributed by atoms with E-state index in [0.29, 0.717) is 11.1 Å². The van der Waals surface area contributed by atoms with Crippen LogP contribution in [0.3, 0.4) is 0 Å². The molecule has 0 heterocycles. The van der Waals surface area contributed by atoms with Gasteiger partial charge in [-0.2, -0.15) is 0 Å². The highest BCUT2D eigenvalue weighted by Gasteiger charge is 2.39. The molecule has 1 aliphatic carbocycles. The van der Waals surface area contributed by atoms with Gasteiger partial charge in [-0.05, 0) is 43.8 Å². The highest BCUT2D eigenvalue weighted by Crippen LogP contribution is 2.38. The summed E-state index contributed by atoms with van der Waals surface area (Å²) in [6.07, 6.45) is 7.96. The van der Waals surface area contributed by atoms with Crippen LogP contribution in [-0.2, 0) is 4.43 Å². The molecule has 1 saturated carbocycles. The lowest BCUT2D eigenvalue weighted by molar-refractivity contribution is 0.155. The molecule has 0 aromatic carbocycles. The first-order chi connectivity index (χ1) is 6.33. The lowest BCUT2D eigenvalue weighted by atomic mass is 9.98. The molecule has 83 valence electrons. The third-order valence-electron chi connectivity index (χ3n) is 3.63. The first-order valence-corrected chi connectivity index (χ1v) is 8.73. The zero-order chi connectivity index (χ0) is 10.8. The van der Waals surface area contributed by atoms with Crippen molar-refractivity contribution in [2.75, 3.05) is 0 Å². The smallest absolute Gasteiger partial charge is 0.192 e. The standard InChI is InChI=1S/C12H25OSi/c1-12(2,3)14(4,5)13-11-9-7-6-8-10-11/h7,11H,6,8-10H2,1-5H3. The molecule has 0 aliphatic heterocycles. The maximum Gasteiger partial charge on any atom is 0.192 e. The van der Waals surface area contributed by atoms with Gasteiger partial charge in [0.25, 0.3) is 0 Å². The molecule has 0 aromatic heterocycles. The van der Waals surface area contributed by atoms with Gasteiger partial charge in [0.05, 0.1) is 0 Å². The van der Waals surface area contributed by atoms with Gasteiger partial charge in [-0.3, -0.25) is 0 Å². The van der Waals surface area contributed by atoms with E-state index in [4.69, 9.17) is 4.43 Å². The Morgan fingerprint density at radius 1 is 1.29 bits per heavy atom. The molecule has 1 unspecified atom stereocenters. The predicted molar refractivity (Wildman–Crippen MR) is 64.8 cm³/mol. The van der Waals surface area contributed by atoms with Crippen LogP contribution in [0, 0.1) is 6.42 Å². The van der Waals surface area contributed by atoms with Crippen molar-refractivity contribution < 1.29 is 4.43 Å². The Morgan fingerprint density at radius 3 is 2.36 bits per heavy atom. The van der Waals surface area contributed by atoms with Crippen molar-refractivity contribution in [1.82, 2.24) is 0 Å². The van der Waals surface area contributed by atoms with Gasteiger partial charge in [-0.15, -0.1) is 0 Å². The van der Waals surface area contributed by atoms with E-state index in [1.54, 1.807) is 0 Å². The second kappa shape index (κ2) is 4.36. The molecule has 1 nitrogen and oxygen atoms in total. The van der Waals surface area contributed by atoms with Crippen molar-refractivity contribution >= 4 is 8.32 Å².